The first kappa shape index (κ1) is 23.7. The number of fused-ring (bicyclic) bond motifs is 3. The molecule has 2 aliphatic rings. The van der Waals surface area contributed by atoms with Crippen molar-refractivity contribution in [1.82, 2.24) is 16.0 Å². The van der Waals surface area contributed by atoms with Crippen molar-refractivity contribution < 1.29 is 0 Å². The third-order valence-electron chi connectivity index (χ3n) is 7.13. The number of dihydropyridines is 1. The number of nitrogens with one attached hydrogen (secondary N) is 3. The summed E-state index contributed by atoms with van der Waals surface area (Å²) in [6.07, 6.45) is 8.51. The van der Waals surface area contributed by atoms with Gasteiger partial charge in [0, 0.05) is 23.6 Å². The highest BCUT2D eigenvalue weighted by atomic mass is 15.1. The zero-order chi connectivity index (χ0) is 24.9. The third-order valence-corrected chi connectivity index (χ3v) is 7.13. The van der Waals surface area contributed by atoms with Crippen molar-refractivity contribution in [3.8, 4) is 0 Å². The topological polar surface area (TPSA) is 36.1 Å². The molecule has 3 nitrogen and oxygen atoms in total. The summed E-state index contributed by atoms with van der Waals surface area (Å²) in [5.74, 6) is 0. The molecule has 3 N–H and O–H groups in total. The van der Waals surface area contributed by atoms with Crippen LogP contribution in [0.5, 0.6) is 0 Å². The van der Waals surface area contributed by atoms with Gasteiger partial charge in [-0.25, -0.2) is 0 Å². The quantitative estimate of drug-likeness (QED) is 0.317. The number of aryl methyl sites for hydroxylation is 2. The Morgan fingerprint density at radius 2 is 1.72 bits per heavy atom. The molecule has 5 rings (SSSR count). The first-order chi connectivity index (χ1) is 17.6. The van der Waals surface area contributed by atoms with E-state index in [9.17, 15) is 0 Å². The van der Waals surface area contributed by atoms with E-state index in [2.05, 4.69) is 121 Å². The lowest BCUT2D eigenvalue weighted by Gasteiger charge is -2.30. The minimum atomic E-state index is 0.0426. The molecule has 36 heavy (non-hydrogen) atoms. The van der Waals surface area contributed by atoms with Crippen LogP contribution in [0.2, 0.25) is 0 Å². The zero-order valence-corrected chi connectivity index (χ0v) is 21.1. The monoisotopic (exact) mass is 473 g/mol. The predicted octanol–water partition coefficient (Wildman–Crippen LogP) is 6.89. The van der Waals surface area contributed by atoms with Crippen LogP contribution in [0.1, 0.15) is 53.6 Å². The molecule has 0 saturated carbocycles. The Morgan fingerprint density at radius 3 is 2.50 bits per heavy atom. The lowest BCUT2D eigenvalue weighted by molar-refractivity contribution is 0.587. The molecule has 0 amide bonds. The summed E-state index contributed by atoms with van der Waals surface area (Å²) in [7, 11) is 0. The molecule has 1 unspecified atom stereocenters. The van der Waals surface area contributed by atoms with Gasteiger partial charge in [0.05, 0.1) is 0 Å². The molecule has 1 aliphatic heterocycles. The second-order valence-corrected chi connectivity index (χ2v) is 9.75. The molecule has 1 aliphatic carbocycles. The van der Waals surface area contributed by atoms with E-state index >= 15 is 0 Å². The van der Waals surface area contributed by atoms with Gasteiger partial charge in [-0.15, -0.1) is 0 Å². The van der Waals surface area contributed by atoms with E-state index in [1.807, 2.05) is 6.07 Å². The minimum Gasteiger partial charge on any atom is -0.379 e. The van der Waals surface area contributed by atoms with Gasteiger partial charge in [-0.2, -0.15) is 0 Å². The van der Waals surface area contributed by atoms with Crippen LogP contribution in [0.4, 0.5) is 0 Å². The molecule has 0 spiro atoms. The molecule has 1 heterocycles. The van der Waals surface area contributed by atoms with Gasteiger partial charge in [-0.1, -0.05) is 86.0 Å². The summed E-state index contributed by atoms with van der Waals surface area (Å²) in [6.45, 7) is 10.8. The third kappa shape index (κ3) is 5.46. The lowest BCUT2D eigenvalue weighted by Crippen LogP contribution is -2.39. The van der Waals surface area contributed by atoms with E-state index in [-0.39, 0.29) is 12.2 Å². The number of allylic oxidation sites excluding steroid dienone is 3. The van der Waals surface area contributed by atoms with E-state index in [1.165, 1.54) is 33.4 Å². The molecule has 2 atom stereocenters. The van der Waals surface area contributed by atoms with Gasteiger partial charge in [-0.3, -0.25) is 0 Å². The number of rotatable bonds is 9. The minimum absolute atomic E-state index is 0.0426. The predicted molar refractivity (Wildman–Crippen MR) is 152 cm³/mol. The van der Waals surface area contributed by atoms with Crippen LogP contribution in [0.25, 0.3) is 11.3 Å². The first-order valence-electron chi connectivity index (χ1n) is 12.9. The Kier molecular flexibility index (Phi) is 7.08. The first-order valence-corrected chi connectivity index (χ1v) is 12.9. The van der Waals surface area contributed by atoms with Crippen LogP contribution in [-0.2, 0) is 12.8 Å². The molecule has 3 heteroatoms. The average molecular weight is 474 g/mol. The SMILES string of the molecule is C=C(CCc1ccccc1)NC1C=C2C(=CN1)CCc1cc(C(=C)N[C@H](C)c3ccccc3)ccc12. The van der Waals surface area contributed by atoms with E-state index in [0.29, 0.717) is 0 Å². The molecular weight excluding hydrogens is 438 g/mol. The van der Waals surface area contributed by atoms with E-state index in [0.717, 1.165) is 42.6 Å². The Morgan fingerprint density at radius 1 is 0.972 bits per heavy atom. The average Bonchev–Trinajstić information content (AvgIpc) is 2.92. The largest absolute Gasteiger partial charge is 0.379 e. The summed E-state index contributed by atoms with van der Waals surface area (Å²) in [6, 6.07) is 28.0. The summed E-state index contributed by atoms with van der Waals surface area (Å²) in [5.41, 5.74) is 11.2. The van der Waals surface area contributed by atoms with Crippen molar-refractivity contribution in [2.75, 3.05) is 0 Å². The molecule has 0 radical (unpaired) electrons. The summed E-state index contributed by atoms with van der Waals surface area (Å²) >= 11 is 0. The van der Waals surface area contributed by atoms with Gasteiger partial charge < -0.3 is 16.0 Å². The summed E-state index contributed by atoms with van der Waals surface area (Å²) < 4.78 is 0. The molecule has 0 saturated heterocycles. The van der Waals surface area contributed by atoms with Crippen molar-refractivity contribution in [3.63, 3.8) is 0 Å². The van der Waals surface area contributed by atoms with Crippen LogP contribution < -0.4 is 16.0 Å². The van der Waals surface area contributed by atoms with Crippen molar-refractivity contribution in [1.29, 1.82) is 0 Å². The van der Waals surface area contributed by atoms with Crippen molar-refractivity contribution in [2.45, 2.75) is 44.8 Å². The molecule has 0 aromatic heterocycles. The van der Waals surface area contributed by atoms with Gasteiger partial charge in [0.15, 0.2) is 0 Å². The Hall–Kier alpha value is -3.98. The van der Waals surface area contributed by atoms with Crippen LogP contribution in [0.15, 0.2) is 116 Å². The van der Waals surface area contributed by atoms with Crippen LogP contribution >= 0.6 is 0 Å². The molecule has 3 aromatic carbocycles. The number of hydrogen-bond donors (Lipinski definition) is 3. The van der Waals surface area contributed by atoms with Crippen molar-refractivity contribution in [2.24, 2.45) is 0 Å². The highest BCUT2D eigenvalue weighted by Crippen LogP contribution is 2.37. The maximum Gasteiger partial charge on any atom is 0.116 e. The molecule has 0 bridgehead atoms. The molecule has 182 valence electrons. The summed E-state index contributed by atoms with van der Waals surface area (Å²) in [4.78, 5) is 0. The van der Waals surface area contributed by atoms with Crippen molar-refractivity contribution in [3.05, 3.63) is 143 Å². The Bertz CT molecular complexity index is 1300. The fourth-order valence-electron chi connectivity index (χ4n) is 5.06. The number of benzene rings is 3. The fraction of sp³-hybridized carbons (Fsp3) is 0.212. The standard InChI is InChI=1S/C33H35N3/c1-23(14-15-26-10-6-4-7-11-26)35-33-21-32-30(22-34-33)17-16-29-20-28(18-19-31(29)32)25(3)36-24(2)27-12-8-5-9-13-27/h4-13,18-22,24,33-36H,1,3,14-17H2,2H3/t24-,33?/m1/s1. The van der Waals surface area contributed by atoms with Crippen molar-refractivity contribution >= 4 is 11.3 Å². The van der Waals surface area contributed by atoms with Gasteiger partial charge in [0.2, 0.25) is 0 Å². The second-order valence-electron chi connectivity index (χ2n) is 9.75. The van der Waals surface area contributed by atoms with Gasteiger partial charge in [0.25, 0.3) is 0 Å². The number of hydrogen-bond acceptors (Lipinski definition) is 3. The Labute approximate surface area is 215 Å². The van der Waals surface area contributed by atoms with E-state index in [1.54, 1.807) is 0 Å². The maximum absolute atomic E-state index is 4.34. The van der Waals surface area contributed by atoms with Gasteiger partial charge >= 0.3 is 0 Å². The smallest absolute Gasteiger partial charge is 0.116 e. The highest BCUT2D eigenvalue weighted by Gasteiger charge is 2.23. The zero-order valence-electron chi connectivity index (χ0n) is 21.1. The lowest BCUT2D eigenvalue weighted by atomic mass is 9.81. The molecule has 3 aromatic rings. The van der Waals surface area contributed by atoms with Gasteiger partial charge in [0.1, 0.15) is 6.17 Å². The molecule has 0 fully saturated rings. The van der Waals surface area contributed by atoms with E-state index in [4.69, 9.17) is 0 Å². The van der Waals surface area contributed by atoms with Gasteiger partial charge in [-0.05, 0) is 83.7 Å². The van der Waals surface area contributed by atoms with E-state index < -0.39 is 0 Å². The normalized spacial score (nSPS) is 16.9. The maximum atomic E-state index is 4.34. The Balaban J connectivity index is 1.25. The highest BCUT2D eigenvalue weighted by molar-refractivity contribution is 5.84. The second kappa shape index (κ2) is 10.7. The van der Waals surface area contributed by atoms with Crippen LogP contribution in [-0.4, -0.2) is 6.17 Å². The summed E-state index contributed by atoms with van der Waals surface area (Å²) in [5, 5.41) is 10.7. The molecular formula is C33H35N3. The van der Waals surface area contributed by atoms with Crippen LogP contribution in [0.3, 0.4) is 0 Å². The van der Waals surface area contributed by atoms with Crippen LogP contribution in [0, 0.1) is 0 Å². The fourth-order valence-corrected chi connectivity index (χ4v) is 5.06.